The number of carbonyl (C=O) groups excluding carboxylic acids is 2. The van der Waals surface area contributed by atoms with Gasteiger partial charge in [0.05, 0.1) is 12.5 Å². The average Bonchev–Trinajstić information content (AvgIpc) is 3.93. The summed E-state index contributed by atoms with van der Waals surface area (Å²) in [6.45, 7) is 3.00. The van der Waals surface area contributed by atoms with Crippen molar-refractivity contribution in [3.63, 3.8) is 0 Å². The van der Waals surface area contributed by atoms with Crippen LogP contribution in [-0.2, 0) is 22.7 Å². The zero-order valence-electron chi connectivity index (χ0n) is 28.6. The van der Waals surface area contributed by atoms with E-state index in [1.807, 2.05) is 0 Å². The van der Waals surface area contributed by atoms with Crippen molar-refractivity contribution >= 4 is 18.0 Å². The van der Waals surface area contributed by atoms with Crippen molar-refractivity contribution in [1.29, 1.82) is 0 Å². The summed E-state index contributed by atoms with van der Waals surface area (Å²) < 4.78 is 20.2. The summed E-state index contributed by atoms with van der Waals surface area (Å²) >= 11 is 0. The summed E-state index contributed by atoms with van der Waals surface area (Å²) in [6, 6.07) is 6.50. The maximum absolute atomic E-state index is 12.2. The fourth-order valence-corrected chi connectivity index (χ4v) is 2.52. The molecule has 0 aliphatic rings. The van der Waals surface area contributed by atoms with Crippen LogP contribution in [0.25, 0.3) is 0 Å². The van der Waals surface area contributed by atoms with Crippen LogP contribution >= 0.6 is 0 Å². The lowest BCUT2D eigenvalue weighted by Crippen LogP contribution is -2.30. The molecule has 0 aliphatic carbocycles. The van der Waals surface area contributed by atoms with Gasteiger partial charge in [0.15, 0.2) is 19.0 Å². The van der Waals surface area contributed by atoms with Crippen molar-refractivity contribution < 1.29 is 27.9 Å². The predicted octanol–water partition coefficient (Wildman–Crippen LogP) is 8.14. The van der Waals surface area contributed by atoms with E-state index in [-0.39, 0.29) is 19.0 Å². The molecule has 2 amide bonds. The zero-order valence-corrected chi connectivity index (χ0v) is 28.6. The summed E-state index contributed by atoms with van der Waals surface area (Å²) in [5, 5.41) is 2.29. The Bertz CT molecular complexity index is 3230. The molecule has 0 bridgehead atoms. The first-order valence-corrected chi connectivity index (χ1v) is 14.8. The molecule has 2 aromatic rings. The van der Waals surface area contributed by atoms with Crippen LogP contribution in [0.5, 0.6) is 0 Å². The maximum Gasteiger partial charge on any atom is 0.436 e. The number of rotatable bonds is 5. The lowest BCUT2D eigenvalue weighted by atomic mass is 10.5. The predicted molar refractivity (Wildman–Crippen MR) is 194 cm³/mol. The van der Waals surface area contributed by atoms with E-state index in [1.54, 1.807) is 24.3 Å². The van der Waals surface area contributed by atoms with Crippen LogP contribution < -0.4 is 5.32 Å². The zero-order chi connectivity index (χ0) is 39.8. The van der Waals surface area contributed by atoms with Gasteiger partial charge >= 0.3 is 12.2 Å². The number of furan rings is 2. The van der Waals surface area contributed by atoms with Crippen molar-refractivity contribution in [1.82, 2.24) is 5.32 Å². The van der Waals surface area contributed by atoms with Crippen molar-refractivity contribution in [3.05, 3.63) is 250 Å². The fourth-order valence-electron chi connectivity index (χ4n) is 2.52. The highest BCUT2D eigenvalue weighted by atomic mass is 16.6. The van der Waals surface area contributed by atoms with E-state index in [0.29, 0.717) is 11.5 Å². The van der Waals surface area contributed by atoms with Crippen LogP contribution in [0, 0.1) is 0 Å². The van der Waals surface area contributed by atoms with E-state index in [9.17, 15) is 9.59 Å². The normalized spacial score (nSPS) is 6.82. The molecule has 8 heteroatoms. The van der Waals surface area contributed by atoms with Gasteiger partial charge in [-0.1, -0.05) is 11.5 Å². The van der Waals surface area contributed by atoms with E-state index in [2.05, 4.69) is 206 Å². The Kier molecular flexibility index (Phi) is 22.7. The summed E-state index contributed by atoms with van der Waals surface area (Å²) in [6.07, 6.45) is 2.05. The van der Waals surface area contributed by atoms with Gasteiger partial charge in [-0.3, -0.25) is 5.32 Å². The molecular formula is C48H14N2O6. The molecule has 0 aliphatic heterocycles. The van der Waals surface area contributed by atoms with Gasteiger partial charge in [-0.15, -0.1) is 0 Å². The second kappa shape index (κ2) is 30.5. The third-order valence-electron chi connectivity index (χ3n) is 4.53. The Balaban J connectivity index is 2.22. The van der Waals surface area contributed by atoms with Crippen LogP contribution in [0.15, 0.2) is 252 Å². The molecule has 2 heterocycles. The third kappa shape index (κ3) is 24.6. The first-order valence-electron chi connectivity index (χ1n) is 14.8. The molecule has 0 saturated carbocycles. The van der Waals surface area contributed by atoms with Gasteiger partial charge in [0.1, 0.15) is 11.5 Å². The van der Waals surface area contributed by atoms with E-state index < -0.39 is 12.2 Å². The van der Waals surface area contributed by atoms with E-state index >= 15 is 0 Å². The van der Waals surface area contributed by atoms with Gasteiger partial charge < -0.3 is 18.3 Å². The van der Waals surface area contributed by atoms with Crippen LogP contribution in [0.2, 0.25) is 0 Å². The number of nitrogens with one attached hydrogen (secondary N) is 1. The number of hydrogen-bond donors (Lipinski definition) is 1. The Labute approximate surface area is 318 Å². The standard InChI is InChI=1S/C48H14N2O6/c1-2-3-4-5-6-7-8-9-10-11-12-13-14-15-16-17-18-19-20-21-22-23-24-25-26-27-28-29-30-31-32-33-34-39-46(49-47(51)55-42-44-37-35-40-53-44)50-48(52)56-43-45-38-36-41-54-45/h35-41H,1,42-43H2,(H,49,50,51,52). The summed E-state index contributed by atoms with van der Waals surface area (Å²) in [5.41, 5.74) is 81.8. The highest BCUT2D eigenvalue weighted by molar-refractivity contribution is 6.06. The topological polar surface area (TPSA) is 103 Å². The molecule has 0 spiro atoms. The molecule has 1 N–H and O–H groups in total. The number of nitrogens with zero attached hydrogens (tertiary/aromatic N) is 1. The van der Waals surface area contributed by atoms with Gasteiger partial charge in [-0.2, -0.15) is 4.99 Å². The Hall–Kier alpha value is -10.6. The Morgan fingerprint density at radius 2 is 0.875 bits per heavy atom. The van der Waals surface area contributed by atoms with Crippen LogP contribution in [0.4, 0.5) is 9.59 Å². The van der Waals surface area contributed by atoms with Gasteiger partial charge in [0, 0.05) is 92.0 Å². The average molecular weight is 715 g/mol. The Morgan fingerprint density at radius 3 is 1.21 bits per heavy atom. The molecule has 0 fully saturated rings. The minimum Gasteiger partial charge on any atom is -0.466 e. The molecule has 8 nitrogen and oxygen atoms in total. The van der Waals surface area contributed by atoms with E-state index in [1.165, 1.54) is 12.5 Å². The lowest BCUT2D eigenvalue weighted by molar-refractivity contribution is 0.136. The molecular weight excluding hydrogens is 701 g/mol. The second-order valence-electron chi connectivity index (χ2n) is 8.25. The Morgan fingerprint density at radius 1 is 0.536 bits per heavy atom. The molecule has 56 heavy (non-hydrogen) atoms. The number of amidine groups is 1. The summed E-state index contributed by atoms with van der Waals surface area (Å²) in [7, 11) is 0. The van der Waals surface area contributed by atoms with Gasteiger partial charge in [0.2, 0.25) is 0 Å². The van der Waals surface area contributed by atoms with Crippen molar-refractivity contribution in [2.75, 3.05) is 0 Å². The highest BCUT2D eigenvalue weighted by Crippen LogP contribution is 2.03. The third-order valence-corrected chi connectivity index (χ3v) is 4.53. The molecule has 0 atom stereocenters. The number of carbonyl (C=O) groups is 2. The number of hydrogen-bond acceptors (Lipinski definition) is 6. The molecule has 0 aromatic carbocycles. The number of amides is 2. The summed E-state index contributed by atoms with van der Waals surface area (Å²) in [4.78, 5) is 27.9. The number of ether oxygens (including phenoxy) is 2. The van der Waals surface area contributed by atoms with Crippen LogP contribution in [0.3, 0.4) is 0 Å². The van der Waals surface area contributed by atoms with Crippen LogP contribution in [-0.4, -0.2) is 18.0 Å². The molecule has 2 rings (SSSR count). The van der Waals surface area contributed by atoms with Crippen LogP contribution in [0.1, 0.15) is 11.5 Å². The minimum atomic E-state index is -1.01. The SMILES string of the molecule is C=C=C=C=C=C=C=C=C=C=C=C=C=C=C=C=C=C=C=C=C=C=C=C=C=C=C=C=C=C=C=C=C=C=CC(=NC(=O)OCc1ccco1)NC(=O)OCc1ccco1. The van der Waals surface area contributed by atoms with Crippen molar-refractivity contribution in [3.8, 4) is 0 Å². The first-order chi connectivity index (χ1) is 27.7. The van der Waals surface area contributed by atoms with E-state index in [4.69, 9.17) is 18.3 Å². The number of alkyl carbamates (subject to hydrolysis) is 1. The second-order valence-corrected chi connectivity index (χ2v) is 8.25. The molecule has 0 unspecified atom stereocenters. The van der Waals surface area contributed by atoms with Gasteiger partial charge in [0.25, 0.3) is 0 Å². The van der Waals surface area contributed by atoms with Crippen molar-refractivity contribution in [2.45, 2.75) is 13.2 Å². The quantitative estimate of drug-likeness (QED) is 0.191. The van der Waals surface area contributed by atoms with Gasteiger partial charge in [-0.05, 0) is 123 Å². The van der Waals surface area contributed by atoms with E-state index in [0.717, 1.165) is 6.08 Å². The molecule has 252 valence electrons. The molecule has 0 radical (unpaired) electrons. The molecule has 2 aromatic heterocycles. The first kappa shape index (κ1) is 41.6. The smallest absolute Gasteiger partial charge is 0.436 e. The number of aliphatic imine (C=N–C) groups is 1. The lowest BCUT2D eigenvalue weighted by Gasteiger charge is -2.05. The summed E-state index contributed by atoms with van der Waals surface area (Å²) in [5.74, 6) is 0.556. The fraction of sp³-hybridized carbons (Fsp3) is 0.0417. The minimum absolute atomic E-state index is 0.148. The van der Waals surface area contributed by atoms with Crippen molar-refractivity contribution in [2.24, 2.45) is 4.99 Å². The molecule has 0 saturated heterocycles. The highest BCUT2D eigenvalue weighted by Gasteiger charge is 2.10. The monoisotopic (exact) mass is 714 g/mol. The van der Waals surface area contributed by atoms with Gasteiger partial charge in [-0.25, -0.2) is 9.59 Å². The largest absolute Gasteiger partial charge is 0.466 e. The maximum atomic E-state index is 12.2.